The molecule has 0 fully saturated rings. The molecule has 0 aliphatic carbocycles. The second-order valence-corrected chi connectivity index (χ2v) is 4.01. The first-order valence-electron chi connectivity index (χ1n) is 5.11. The van der Waals surface area contributed by atoms with E-state index in [-0.39, 0.29) is 11.4 Å². The highest BCUT2D eigenvalue weighted by molar-refractivity contribution is 6.04. The van der Waals surface area contributed by atoms with Crippen molar-refractivity contribution < 1.29 is 19.5 Å². The molecule has 0 radical (unpaired) electrons. The molecule has 17 heavy (non-hydrogen) atoms. The zero-order chi connectivity index (χ0) is 12.2. The highest BCUT2D eigenvalue weighted by Crippen LogP contribution is 2.46. The van der Waals surface area contributed by atoms with Crippen molar-refractivity contribution >= 4 is 11.7 Å². The van der Waals surface area contributed by atoms with E-state index in [0.717, 1.165) is 11.3 Å². The van der Waals surface area contributed by atoms with E-state index >= 15 is 0 Å². The average molecular weight is 231 g/mol. The van der Waals surface area contributed by atoms with Gasteiger partial charge < -0.3 is 9.94 Å². The number of fused-ring (bicyclic) bond motifs is 3. The lowest BCUT2D eigenvalue weighted by molar-refractivity contribution is -0.184. The van der Waals surface area contributed by atoms with Crippen molar-refractivity contribution in [1.82, 2.24) is 5.06 Å². The van der Waals surface area contributed by atoms with Crippen molar-refractivity contribution in [2.45, 2.75) is 12.6 Å². The summed E-state index contributed by atoms with van der Waals surface area (Å²) < 4.78 is 0. The van der Waals surface area contributed by atoms with Crippen LogP contribution in [0, 0.1) is 0 Å². The average Bonchev–Trinajstić information content (AvgIpc) is 2.75. The third-order valence-electron chi connectivity index (χ3n) is 3.04. The molecule has 1 aromatic carbocycles. The van der Waals surface area contributed by atoms with Crippen LogP contribution in [-0.4, -0.2) is 21.9 Å². The molecule has 2 heterocycles. The SMILES string of the molecule is CC(=O)C1=CON2C(=O)c3ccccc3C12O. The zero-order valence-electron chi connectivity index (χ0n) is 9.01. The number of hydrogen-bond donors (Lipinski definition) is 1. The molecule has 0 aromatic heterocycles. The van der Waals surface area contributed by atoms with Gasteiger partial charge in [-0.15, -0.1) is 5.06 Å². The lowest BCUT2D eigenvalue weighted by atomic mass is 9.93. The number of Topliss-reactive ketones (excluding diaryl/α,β-unsaturated/α-hetero) is 1. The number of benzene rings is 1. The normalized spacial score (nSPS) is 25.2. The van der Waals surface area contributed by atoms with Crippen LogP contribution in [0.25, 0.3) is 0 Å². The molecule has 86 valence electrons. The molecule has 1 unspecified atom stereocenters. The summed E-state index contributed by atoms with van der Waals surface area (Å²) in [6, 6.07) is 6.59. The molecule has 2 aliphatic rings. The summed E-state index contributed by atoms with van der Waals surface area (Å²) in [5.41, 5.74) is -0.985. The van der Waals surface area contributed by atoms with Gasteiger partial charge in [0.1, 0.15) is 6.26 Å². The Hall–Kier alpha value is -2.14. The lowest BCUT2D eigenvalue weighted by Crippen LogP contribution is -2.41. The van der Waals surface area contributed by atoms with Crippen LogP contribution in [0.4, 0.5) is 0 Å². The van der Waals surface area contributed by atoms with Crippen LogP contribution < -0.4 is 0 Å². The number of amides is 1. The van der Waals surface area contributed by atoms with E-state index in [1.54, 1.807) is 24.3 Å². The fourth-order valence-electron chi connectivity index (χ4n) is 2.23. The maximum absolute atomic E-state index is 11.9. The standard InChI is InChI=1S/C12H9NO4/c1-7(14)10-6-17-13-11(15)8-4-2-3-5-9(8)12(10,13)16/h2-6,16H,1H3. The van der Waals surface area contributed by atoms with E-state index in [0.29, 0.717) is 11.1 Å². The first kappa shape index (κ1) is 10.0. The Balaban J connectivity index is 2.27. The van der Waals surface area contributed by atoms with Gasteiger partial charge in [-0.3, -0.25) is 9.59 Å². The summed E-state index contributed by atoms with van der Waals surface area (Å²) in [7, 11) is 0. The highest BCUT2D eigenvalue weighted by atomic mass is 16.7. The molecule has 0 saturated carbocycles. The zero-order valence-corrected chi connectivity index (χ0v) is 9.01. The number of ketones is 1. The highest BCUT2D eigenvalue weighted by Gasteiger charge is 2.57. The van der Waals surface area contributed by atoms with Crippen LogP contribution in [0.1, 0.15) is 22.8 Å². The van der Waals surface area contributed by atoms with Crippen molar-refractivity contribution in [3.8, 4) is 0 Å². The molecule has 0 bridgehead atoms. The molecule has 0 spiro atoms. The molecule has 1 atom stereocenters. The van der Waals surface area contributed by atoms with Gasteiger partial charge in [-0.05, 0) is 13.0 Å². The van der Waals surface area contributed by atoms with Gasteiger partial charge in [-0.2, -0.15) is 0 Å². The van der Waals surface area contributed by atoms with E-state index in [4.69, 9.17) is 4.84 Å². The van der Waals surface area contributed by atoms with Crippen molar-refractivity contribution in [2.24, 2.45) is 0 Å². The smallest absolute Gasteiger partial charge is 0.290 e. The molecule has 5 nitrogen and oxygen atoms in total. The van der Waals surface area contributed by atoms with Crippen LogP contribution in [-0.2, 0) is 15.4 Å². The van der Waals surface area contributed by atoms with Crippen LogP contribution in [0.3, 0.4) is 0 Å². The molecule has 5 heteroatoms. The predicted octanol–water partition coefficient (Wildman–Crippen LogP) is 0.706. The minimum absolute atomic E-state index is 0.0656. The summed E-state index contributed by atoms with van der Waals surface area (Å²) in [5, 5.41) is 11.4. The molecule has 0 saturated heterocycles. The summed E-state index contributed by atoms with van der Waals surface area (Å²) >= 11 is 0. The van der Waals surface area contributed by atoms with Gasteiger partial charge in [0.15, 0.2) is 5.78 Å². The third kappa shape index (κ3) is 1.01. The number of carbonyl (C=O) groups is 2. The lowest BCUT2D eigenvalue weighted by Gasteiger charge is -2.25. The minimum Gasteiger partial charge on any atom is -0.380 e. The Bertz CT molecular complexity index is 578. The van der Waals surface area contributed by atoms with Crippen molar-refractivity contribution in [1.29, 1.82) is 0 Å². The summed E-state index contributed by atoms with van der Waals surface area (Å²) in [4.78, 5) is 28.4. The van der Waals surface area contributed by atoms with Crippen molar-refractivity contribution in [2.75, 3.05) is 0 Å². The van der Waals surface area contributed by atoms with Gasteiger partial charge in [0, 0.05) is 5.56 Å². The Morgan fingerprint density at radius 3 is 2.82 bits per heavy atom. The Labute approximate surface area is 96.9 Å². The molecule has 1 aromatic rings. The van der Waals surface area contributed by atoms with Crippen molar-refractivity contribution in [3.05, 3.63) is 47.2 Å². The molecule has 1 amide bonds. The Kier molecular flexibility index (Phi) is 1.74. The topological polar surface area (TPSA) is 66.8 Å². The third-order valence-corrected chi connectivity index (χ3v) is 3.04. The quantitative estimate of drug-likeness (QED) is 0.772. The van der Waals surface area contributed by atoms with Crippen LogP contribution >= 0.6 is 0 Å². The van der Waals surface area contributed by atoms with Gasteiger partial charge in [0.2, 0.25) is 5.72 Å². The number of hydrogen-bond acceptors (Lipinski definition) is 4. The predicted molar refractivity (Wildman–Crippen MR) is 56.4 cm³/mol. The van der Waals surface area contributed by atoms with E-state index in [1.165, 1.54) is 6.92 Å². The first-order chi connectivity index (χ1) is 8.06. The van der Waals surface area contributed by atoms with Crippen LogP contribution in [0.15, 0.2) is 36.1 Å². The van der Waals surface area contributed by atoms with E-state index in [9.17, 15) is 14.7 Å². The van der Waals surface area contributed by atoms with Gasteiger partial charge in [-0.1, -0.05) is 18.2 Å². The monoisotopic (exact) mass is 231 g/mol. The number of nitrogens with zero attached hydrogens (tertiary/aromatic N) is 1. The Morgan fingerprint density at radius 1 is 1.41 bits per heavy atom. The van der Waals surface area contributed by atoms with Crippen LogP contribution in [0.5, 0.6) is 0 Å². The maximum Gasteiger partial charge on any atom is 0.290 e. The van der Waals surface area contributed by atoms with E-state index < -0.39 is 11.6 Å². The second kappa shape index (κ2) is 2.95. The summed E-state index contributed by atoms with van der Waals surface area (Å²) in [5.74, 6) is -0.782. The Morgan fingerprint density at radius 2 is 2.12 bits per heavy atom. The first-order valence-corrected chi connectivity index (χ1v) is 5.11. The largest absolute Gasteiger partial charge is 0.380 e. The maximum atomic E-state index is 11.9. The fourth-order valence-corrected chi connectivity index (χ4v) is 2.23. The molecular formula is C12H9NO4. The molecular weight excluding hydrogens is 222 g/mol. The van der Waals surface area contributed by atoms with Gasteiger partial charge in [0.05, 0.1) is 11.1 Å². The van der Waals surface area contributed by atoms with Crippen LogP contribution in [0.2, 0.25) is 0 Å². The van der Waals surface area contributed by atoms with E-state index in [2.05, 4.69) is 0 Å². The number of carbonyl (C=O) groups excluding carboxylic acids is 2. The van der Waals surface area contributed by atoms with Crippen molar-refractivity contribution in [3.63, 3.8) is 0 Å². The summed E-state index contributed by atoms with van der Waals surface area (Å²) in [6.07, 6.45) is 1.12. The number of hydroxylamine groups is 2. The molecule has 2 aliphatic heterocycles. The van der Waals surface area contributed by atoms with Gasteiger partial charge >= 0.3 is 0 Å². The fraction of sp³-hybridized carbons (Fsp3) is 0.167. The van der Waals surface area contributed by atoms with E-state index in [1.807, 2.05) is 0 Å². The minimum atomic E-state index is -1.78. The molecule has 1 N–H and O–H groups in total. The second-order valence-electron chi connectivity index (χ2n) is 4.01. The summed E-state index contributed by atoms with van der Waals surface area (Å²) in [6.45, 7) is 1.32. The van der Waals surface area contributed by atoms with Gasteiger partial charge in [0.25, 0.3) is 5.91 Å². The number of rotatable bonds is 1. The molecule has 3 rings (SSSR count). The van der Waals surface area contributed by atoms with Gasteiger partial charge in [-0.25, -0.2) is 0 Å². The number of aliphatic hydroxyl groups is 1.